The summed E-state index contributed by atoms with van der Waals surface area (Å²) < 4.78 is 0. The molecule has 0 N–H and O–H groups in total. The van der Waals surface area contributed by atoms with Crippen LogP contribution in [0.15, 0.2) is 23.1 Å². The fourth-order valence-electron chi connectivity index (χ4n) is 1.61. The first-order valence-electron chi connectivity index (χ1n) is 4.66. The Labute approximate surface area is 96.4 Å². The Morgan fingerprint density at radius 1 is 1.50 bits per heavy atom. The van der Waals surface area contributed by atoms with Crippen molar-refractivity contribution in [2.24, 2.45) is 0 Å². The molecule has 0 amide bonds. The summed E-state index contributed by atoms with van der Waals surface area (Å²) in [5.74, 6) is 1.38. The van der Waals surface area contributed by atoms with Gasteiger partial charge in [0.2, 0.25) is 0 Å². The van der Waals surface area contributed by atoms with Crippen molar-refractivity contribution in [1.29, 1.82) is 0 Å². The quantitative estimate of drug-likeness (QED) is 0.606. The monoisotopic (exact) mass is 270 g/mol. The van der Waals surface area contributed by atoms with Crippen LogP contribution < -0.4 is 0 Å². The minimum atomic E-state index is 0.170. The number of ketones is 1. The van der Waals surface area contributed by atoms with E-state index < -0.39 is 0 Å². The fraction of sp³-hybridized carbons (Fsp3) is 0.364. The summed E-state index contributed by atoms with van der Waals surface area (Å²) in [5, 5.41) is 0.416. The molecular formula is C11H11BrOS. The first kappa shape index (κ1) is 10.2. The van der Waals surface area contributed by atoms with Gasteiger partial charge in [-0.25, -0.2) is 0 Å². The van der Waals surface area contributed by atoms with Crippen molar-refractivity contribution in [3.8, 4) is 0 Å². The van der Waals surface area contributed by atoms with E-state index in [1.165, 1.54) is 22.6 Å². The van der Waals surface area contributed by atoms with Gasteiger partial charge in [-0.2, -0.15) is 0 Å². The number of thioether (sulfide) groups is 1. The van der Waals surface area contributed by atoms with Crippen LogP contribution >= 0.6 is 27.7 Å². The standard InChI is InChI=1S/C11H11BrOS/c12-7-10(13)8-3-4-11-9(6-8)2-1-5-14-11/h3-4,6H,1-2,5,7H2. The van der Waals surface area contributed by atoms with Crippen molar-refractivity contribution in [2.75, 3.05) is 11.1 Å². The van der Waals surface area contributed by atoms with Gasteiger partial charge in [-0.3, -0.25) is 4.79 Å². The number of aryl methyl sites for hydroxylation is 1. The topological polar surface area (TPSA) is 17.1 Å². The van der Waals surface area contributed by atoms with Crippen molar-refractivity contribution < 1.29 is 4.79 Å². The number of hydrogen-bond donors (Lipinski definition) is 0. The molecule has 1 nitrogen and oxygen atoms in total. The lowest BCUT2D eigenvalue weighted by Gasteiger charge is -2.15. The Balaban J connectivity index is 2.33. The van der Waals surface area contributed by atoms with Crippen molar-refractivity contribution in [3.63, 3.8) is 0 Å². The SMILES string of the molecule is O=C(CBr)c1ccc2c(c1)CCCS2. The zero-order chi connectivity index (χ0) is 9.97. The zero-order valence-electron chi connectivity index (χ0n) is 7.75. The van der Waals surface area contributed by atoms with E-state index in [-0.39, 0.29) is 5.78 Å². The third kappa shape index (κ3) is 2.04. The number of fused-ring (bicyclic) bond motifs is 1. The van der Waals surface area contributed by atoms with Gasteiger partial charge < -0.3 is 0 Å². The predicted octanol–water partition coefficient (Wildman–Crippen LogP) is 3.30. The smallest absolute Gasteiger partial charge is 0.173 e. The number of alkyl halides is 1. The van der Waals surface area contributed by atoms with Crippen LogP contribution in [0.2, 0.25) is 0 Å². The molecule has 2 rings (SSSR count). The number of hydrogen-bond acceptors (Lipinski definition) is 2. The average molecular weight is 271 g/mol. The van der Waals surface area contributed by atoms with E-state index in [1.54, 1.807) is 0 Å². The second-order valence-corrected chi connectivity index (χ2v) is 5.03. The highest BCUT2D eigenvalue weighted by molar-refractivity contribution is 9.09. The molecule has 0 atom stereocenters. The summed E-state index contributed by atoms with van der Waals surface area (Å²) in [4.78, 5) is 12.8. The average Bonchev–Trinajstić information content (AvgIpc) is 2.27. The van der Waals surface area contributed by atoms with Crippen molar-refractivity contribution in [2.45, 2.75) is 17.7 Å². The number of carbonyl (C=O) groups is 1. The van der Waals surface area contributed by atoms with Gasteiger partial charge in [0.1, 0.15) is 0 Å². The van der Waals surface area contributed by atoms with E-state index >= 15 is 0 Å². The molecular weight excluding hydrogens is 260 g/mol. The van der Waals surface area contributed by atoms with Gasteiger partial charge >= 0.3 is 0 Å². The van der Waals surface area contributed by atoms with Gasteiger partial charge in [-0.1, -0.05) is 22.0 Å². The molecule has 0 radical (unpaired) electrons. The van der Waals surface area contributed by atoms with Crippen LogP contribution in [-0.4, -0.2) is 16.9 Å². The van der Waals surface area contributed by atoms with Crippen LogP contribution in [0.3, 0.4) is 0 Å². The molecule has 3 heteroatoms. The molecule has 0 saturated carbocycles. The van der Waals surface area contributed by atoms with E-state index in [1.807, 2.05) is 23.9 Å². The highest BCUT2D eigenvalue weighted by Crippen LogP contribution is 2.30. The molecule has 0 unspecified atom stereocenters. The molecule has 0 spiro atoms. The van der Waals surface area contributed by atoms with Gasteiger partial charge in [-0.05, 0) is 36.3 Å². The molecule has 1 aromatic rings. The Hall–Kier alpha value is -0.280. The second-order valence-electron chi connectivity index (χ2n) is 3.33. The summed E-state index contributed by atoms with van der Waals surface area (Å²) in [5.41, 5.74) is 2.18. The number of halogens is 1. The first-order valence-corrected chi connectivity index (χ1v) is 6.77. The highest BCUT2D eigenvalue weighted by atomic mass is 79.9. The van der Waals surface area contributed by atoms with Crippen molar-refractivity contribution in [3.05, 3.63) is 29.3 Å². The largest absolute Gasteiger partial charge is 0.293 e. The first-order chi connectivity index (χ1) is 6.81. The van der Waals surface area contributed by atoms with Gasteiger partial charge in [0.15, 0.2) is 5.78 Å². The Morgan fingerprint density at radius 3 is 3.14 bits per heavy atom. The van der Waals surface area contributed by atoms with E-state index in [9.17, 15) is 4.79 Å². The van der Waals surface area contributed by atoms with Crippen LogP contribution in [0.4, 0.5) is 0 Å². The highest BCUT2D eigenvalue weighted by Gasteiger charge is 2.12. The zero-order valence-corrected chi connectivity index (χ0v) is 10.2. The summed E-state index contributed by atoms with van der Waals surface area (Å²) in [6.45, 7) is 0. The lowest BCUT2D eigenvalue weighted by atomic mass is 10.0. The number of rotatable bonds is 2. The molecule has 14 heavy (non-hydrogen) atoms. The normalized spacial score (nSPS) is 14.9. The summed E-state index contributed by atoms with van der Waals surface area (Å²) in [6.07, 6.45) is 2.34. The Bertz CT molecular complexity index is 362. The third-order valence-corrected chi connectivity index (χ3v) is 4.06. The van der Waals surface area contributed by atoms with E-state index in [4.69, 9.17) is 0 Å². The van der Waals surface area contributed by atoms with Gasteiger partial charge in [-0.15, -0.1) is 11.8 Å². The molecule has 1 aliphatic heterocycles. The summed E-state index contributed by atoms with van der Waals surface area (Å²) >= 11 is 5.09. The Morgan fingerprint density at radius 2 is 2.36 bits per heavy atom. The maximum atomic E-state index is 11.4. The molecule has 74 valence electrons. The van der Waals surface area contributed by atoms with Crippen LogP contribution in [0.25, 0.3) is 0 Å². The molecule has 0 saturated heterocycles. The second kappa shape index (κ2) is 4.49. The molecule has 0 aromatic heterocycles. The fourth-order valence-corrected chi connectivity index (χ4v) is 2.95. The van der Waals surface area contributed by atoms with E-state index in [0.29, 0.717) is 5.33 Å². The van der Waals surface area contributed by atoms with Crippen LogP contribution in [0, 0.1) is 0 Å². The van der Waals surface area contributed by atoms with Crippen molar-refractivity contribution >= 4 is 33.5 Å². The van der Waals surface area contributed by atoms with E-state index in [2.05, 4.69) is 22.0 Å². The van der Waals surface area contributed by atoms with Crippen LogP contribution in [-0.2, 0) is 6.42 Å². The molecule has 0 bridgehead atoms. The minimum absolute atomic E-state index is 0.170. The summed E-state index contributed by atoms with van der Waals surface area (Å²) in [6, 6.07) is 6.06. The van der Waals surface area contributed by atoms with Gasteiger partial charge in [0, 0.05) is 10.5 Å². The Kier molecular flexibility index (Phi) is 3.29. The molecule has 0 aliphatic carbocycles. The maximum Gasteiger partial charge on any atom is 0.173 e. The van der Waals surface area contributed by atoms with Crippen molar-refractivity contribution in [1.82, 2.24) is 0 Å². The number of carbonyl (C=O) groups excluding carboxylic acids is 1. The van der Waals surface area contributed by atoms with Gasteiger partial charge in [0.25, 0.3) is 0 Å². The molecule has 1 heterocycles. The lowest BCUT2D eigenvalue weighted by molar-refractivity contribution is 0.102. The van der Waals surface area contributed by atoms with Gasteiger partial charge in [0.05, 0.1) is 5.33 Å². The number of benzene rings is 1. The minimum Gasteiger partial charge on any atom is -0.293 e. The lowest BCUT2D eigenvalue weighted by Crippen LogP contribution is -2.04. The van der Waals surface area contributed by atoms with Crippen LogP contribution in [0.1, 0.15) is 22.3 Å². The van der Waals surface area contributed by atoms with Crippen LogP contribution in [0.5, 0.6) is 0 Å². The molecule has 0 fully saturated rings. The predicted molar refractivity (Wildman–Crippen MR) is 63.6 cm³/mol. The molecule has 1 aromatic carbocycles. The van der Waals surface area contributed by atoms with E-state index in [0.717, 1.165) is 12.0 Å². The number of Topliss-reactive ketones (excluding diaryl/α,β-unsaturated/α-hetero) is 1. The third-order valence-electron chi connectivity index (χ3n) is 2.35. The molecule has 1 aliphatic rings. The maximum absolute atomic E-state index is 11.4. The summed E-state index contributed by atoms with van der Waals surface area (Å²) in [7, 11) is 0.